The van der Waals surface area contributed by atoms with E-state index in [1.54, 1.807) is 6.08 Å². The number of benzene rings is 2. The van der Waals surface area contributed by atoms with Gasteiger partial charge >= 0.3 is 0 Å². The molecular weight excluding hydrogens is 480 g/mol. The lowest BCUT2D eigenvalue weighted by Gasteiger charge is -2.39. The third kappa shape index (κ3) is 4.80. The molecule has 3 heterocycles. The summed E-state index contributed by atoms with van der Waals surface area (Å²) in [4.78, 5) is 22.2. The van der Waals surface area contributed by atoms with Crippen molar-refractivity contribution < 1.29 is 13.6 Å². The van der Waals surface area contributed by atoms with Crippen molar-refractivity contribution in [3.05, 3.63) is 99.3 Å². The van der Waals surface area contributed by atoms with Gasteiger partial charge in [-0.15, -0.1) is 0 Å². The maximum Gasteiger partial charge on any atom is 0.258 e. The number of anilines is 1. The summed E-state index contributed by atoms with van der Waals surface area (Å²) in [6.45, 7) is 6.78. The number of hydrogen-bond acceptors (Lipinski definition) is 3. The molecule has 0 radical (unpaired) electrons. The zero-order valence-corrected chi connectivity index (χ0v) is 21.2. The Morgan fingerprint density at radius 3 is 2.47 bits per heavy atom. The van der Waals surface area contributed by atoms with Crippen LogP contribution in [0.1, 0.15) is 45.7 Å². The van der Waals surface area contributed by atoms with Crippen LogP contribution in [0, 0.1) is 25.5 Å². The fourth-order valence-electron chi connectivity index (χ4n) is 5.49. The number of likely N-dealkylation sites (tertiary alicyclic amines) is 1. The Labute approximate surface area is 215 Å². The minimum Gasteiger partial charge on any atom is -0.307 e. The van der Waals surface area contributed by atoms with Crippen LogP contribution in [0.3, 0.4) is 0 Å². The number of hydrogen-bond donors (Lipinski definition) is 0. The second-order valence-electron chi connectivity index (χ2n) is 9.84. The van der Waals surface area contributed by atoms with E-state index in [9.17, 15) is 13.6 Å². The van der Waals surface area contributed by atoms with Crippen molar-refractivity contribution in [2.75, 3.05) is 31.1 Å². The first-order chi connectivity index (χ1) is 17.2. The van der Waals surface area contributed by atoms with Crippen LogP contribution in [0.5, 0.6) is 0 Å². The van der Waals surface area contributed by atoms with Crippen LogP contribution in [0.2, 0.25) is 5.02 Å². The molecule has 5 rings (SSSR count). The van der Waals surface area contributed by atoms with Gasteiger partial charge in [0.15, 0.2) is 0 Å². The monoisotopic (exact) mass is 507 g/mol. The third-order valence-corrected chi connectivity index (χ3v) is 7.53. The van der Waals surface area contributed by atoms with E-state index in [4.69, 9.17) is 11.6 Å². The first-order valence-electron chi connectivity index (χ1n) is 12.2. The maximum absolute atomic E-state index is 13.9. The lowest BCUT2D eigenvalue weighted by molar-refractivity contribution is 0.0977. The van der Waals surface area contributed by atoms with Crippen LogP contribution in [0.25, 0.3) is 6.08 Å². The highest BCUT2D eigenvalue weighted by Crippen LogP contribution is 2.48. The number of aromatic nitrogens is 1. The minimum absolute atomic E-state index is 0.0178. The van der Waals surface area contributed by atoms with E-state index >= 15 is 0 Å². The highest BCUT2D eigenvalue weighted by molar-refractivity contribution is 6.30. The second kappa shape index (κ2) is 9.75. The summed E-state index contributed by atoms with van der Waals surface area (Å²) in [5.41, 5.74) is 4.58. The smallest absolute Gasteiger partial charge is 0.258 e. The molecule has 0 atom stereocenters. The van der Waals surface area contributed by atoms with E-state index < -0.39 is 11.6 Å². The van der Waals surface area contributed by atoms with Crippen molar-refractivity contribution in [3.8, 4) is 0 Å². The lowest BCUT2D eigenvalue weighted by Crippen LogP contribution is -2.46. The molecule has 1 saturated heterocycles. The number of amides is 1. The van der Waals surface area contributed by atoms with Gasteiger partial charge in [0.05, 0.1) is 0 Å². The van der Waals surface area contributed by atoms with Crippen molar-refractivity contribution in [2.45, 2.75) is 32.1 Å². The van der Waals surface area contributed by atoms with E-state index in [1.165, 1.54) is 12.1 Å². The summed E-state index contributed by atoms with van der Waals surface area (Å²) >= 11 is 6.40. The Bertz CT molecular complexity index is 1330. The summed E-state index contributed by atoms with van der Waals surface area (Å²) in [6.07, 6.45) is 5.38. The Morgan fingerprint density at radius 1 is 1.06 bits per heavy atom. The number of rotatable bonds is 4. The maximum atomic E-state index is 13.9. The van der Waals surface area contributed by atoms with E-state index in [0.717, 1.165) is 54.6 Å². The van der Waals surface area contributed by atoms with Gasteiger partial charge in [0.25, 0.3) is 5.91 Å². The SMILES string of the molecule is Cc1cc(C(=O)N2CC3(CCN(C/C=C/c4ccc(F)cc4F)CC3)c3cc(Cl)ccc32)cc(C)n1. The van der Waals surface area contributed by atoms with Gasteiger partial charge in [-0.2, -0.15) is 0 Å². The number of nitrogens with zero attached hydrogens (tertiary/aromatic N) is 3. The molecule has 0 unspecified atom stereocenters. The number of aryl methyl sites for hydroxylation is 2. The van der Waals surface area contributed by atoms with Gasteiger partial charge in [-0.05, 0) is 87.8 Å². The van der Waals surface area contributed by atoms with Crippen LogP contribution in [0.15, 0.2) is 54.6 Å². The summed E-state index contributed by atoms with van der Waals surface area (Å²) in [5, 5.41) is 0.671. The molecule has 36 heavy (non-hydrogen) atoms. The van der Waals surface area contributed by atoms with Crippen LogP contribution < -0.4 is 4.90 Å². The van der Waals surface area contributed by atoms with E-state index in [-0.39, 0.29) is 11.3 Å². The number of halogens is 3. The molecule has 1 amide bonds. The van der Waals surface area contributed by atoms with Gasteiger partial charge in [0.1, 0.15) is 11.6 Å². The van der Waals surface area contributed by atoms with Crippen LogP contribution in [-0.4, -0.2) is 42.0 Å². The first kappa shape index (κ1) is 24.6. The van der Waals surface area contributed by atoms with Gasteiger partial charge in [-0.25, -0.2) is 8.78 Å². The summed E-state index contributed by atoms with van der Waals surface area (Å²) < 4.78 is 27.0. The second-order valence-corrected chi connectivity index (χ2v) is 10.3. The van der Waals surface area contributed by atoms with Gasteiger partial charge in [0.2, 0.25) is 0 Å². The van der Waals surface area contributed by atoms with Crippen molar-refractivity contribution in [1.82, 2.24) is 9.88 Å². The fraction of sp³-hybridized carbons (Fsp3) is 0.310. The molecule has 2 aliphatic heterocycles. The van der Waals surface area contributed by atoms with E-state index in [0.29, 0.717) is 29.2 Å². The van der Waals surface area contributed by atoms with Crippen molar-refractivity contribution in [2.24, 2.45) is 0 Å². The molecule has 1 aromatic heterocycles. The molecule has 4 nitrogen and oxygen atoms in total. The topological polar surface area (TPSA) is 36.4 Å². The fourth-order valence-corrected chi connectivity index (χ4v) is 5.67. The van der Waals surface area contributed by atoms with Gasteiger partial charge in [-0.3, -0.25) is 14.7 Å². The quantitative estimate of drug-likeness (QED) is 0.413. The molecule has 186 valence electrons. The Morgan fingerprint density at radius 2 is 1.78 bits per heavy atom. The number of fused-ring (bicyclic) bond motifs is 2. The highest BCUT2D eigenvalue weighted by atomic mass is 35.5. The lowest BCUT2D eigenvalue weighted by atomic mass is 9.74. The molecule has 1 spiro atoms. The molecule has 2 aliphatic rings. The van der Waals surface area contributed by atoms with Gasteiger partial charge in [-0.1, -0.05) is 23.8 Å². The Kier molecular flexibility index (Phi) is 6.66. The number of pyridine rings is 1. The van der Waals surface area contributed by atoms with Gasteiger partial charge < -0.3 is 4.90 Å². The minimum atomic E-state index is -0.579. The Hall–Kier alpha value is -3.09. The van der Waals surface area contributed by atoms with Crippen molar-refractivity contribution >= 4 is 29.3 Å². The molecule has 2 aromatic carbocycles. The molecule has 7 heteroatoms. The average Bonchev–Trinajstić information content (AvgIpc) is 3.14. The zero-order chi connectivity index (χ0) is 25.4. The van der Waals surface area contributed by atoms with Gasteiger partial charge in [0, 0.05) is 57.8 Å². The van der Waals surface area contributed by atoms with Crippen LogP contribution >= 0.6 is 11.6 Å². The molecule has 0 saturated carbocycles. The summed E-state index contributed by atoms with van der Waals surface area (Å²) in [5.74, 6) is -1.16. The molecule has 0 aliphatic carbocycles. The summed E-state index contributed by atoms with van der Waals surface area (Å²) in [7, 11) is 0. The number of piperidine rings is 1. The molecule has 0 bridgehead atoms. The molecule has 1 fully saturated rings. The van der Waals surface area contributed by atoms with E-state index in [2.05, 4.69) is 9.88 Å². The van der Waals surface area contributed by atoms with Crippen LogP contribution in [-0.2, 0) is 5.41 Å². The summed E-state index contributed by atoms with van der Waals surface area (Å²) in [6, 6.07) is 13.1. The van der Waals surface area contributed by atoms with Crippen molar-refractivity contribution in [1.29, 1.82) is 0 Å². The van der Waals surface area contributed by atoms with E-state index in [1.807, 2.05) is 55.2 Å². The molecule has 3 aromatic rings. The predicted molar refractivity (Wildman–Crippen MR) is 140 cm³/mol. The van der Waals surface area contributed by atoms with Crippen molar-refractivity contribution in [3.63, 3.8) is 0 Å². The predicted octanol–water partition coefficient (Wildman–Crippen LogP) is 6.34. The van der Waals surface area contributed by atoms with Crippen LogP contribution in [0.4, 0.5) is 14.5 Å². The molecule has 0 N–H and O–H groups in total. The normalized spacial score (nSPS) is 17.2. The number of carbonyl (C=O) groups is 1. The zero-order valence-electron chi connectivity index (χ0n) is 20.4. The standard InChI is InChI=1S/C29H28ClF2N3O/c1-19-14-22(15-20(2)33-19)28(36)35-18-29(25-16-23(30)6-8-27(25)35)9-12-34(13-10-29)11-3-4-21-5-7-24(31)17-26(21)32/h3-8,14-17H,9-13,18H2,1-2H3/b4-3+. The average molecular weight is 508 g/mol. The molecular formula is C29H28ClF2N3O. The largest absolute Gasteiger partial charge is 0.307 e. The first-order valence-corrected chi connectivity index (χ1v) is 12.5. The highest BCUT2D eigenvalue weighted by Gasteiger charge is 2.46. The Balaban J connectivity index is 1.32. The number of carbonyl (C=O) groups excluding carboxylic acids is 1. The third-order valence-electron chi connectivity index (χ3n) is 7.29.